The number of carbonyl (C=O) groups excluding carboxylic acids is 1. The summed E-state index contributed by atoms with van der Waals surface area (Å²) in [5.41, 5.74) is 0.312. The van der Waals surface area contributed by atoms with Gasteiger partial charge >= 0.3 is 5.82 Å². The van der Waals surface area contributed by atoms with E-state index in [0.29, 0.717) is 11.4 Å². The Morgan fingerprint density at radius 2 is 2.41 bits per heavy atom. The number of nitrogens with one attached hydrogen (secondary N) is 1. The van der Waals surface area contributed by atoms with Crippen LogP contribution in [-0.2, 0) is 11.3 Å². The third-order valence-corrected chi connectivity index (χ3v) is 2.99. The minimum absolute atomic E-state index is 0.0581. The van der Waals surface area contributed by atoms with Crippen LogP contribution in [0.15, 0.2) is 29.2 Å². The van der Waals surface area contributed by atoms with Gasteiger partial charge in [-0.2, -0.15) is 0 Å². The molecule has 0 aliphatic carbocycles. The summed E-state index contributed by atoms with van der Waals surface area (Å²) in [5, 5.41) is 13.1. The van der Waals surface area contributed by atoms with E-state index in [1.54, 1.807) is 6.92 Å². The maximum atomic E-state index is 11.7. The molecule has 2 aromatic rings. The lowest BCUT2D eigenvalue weighted by Crippen LogP contribution is -2.31. The lowest BCUT2D eigenvalue weighted by atomic mass is 10.3. The van der Waals surface area contributed by atoms with E-state index in [4.69, 9.17) is 21.4 Å². The van der Waals surface area contributed by atoms with Gasteiger partial charge in [0, 0.05) is 6.92 Å². The number of nitro groups is 1. The molecule has 2 rings (SSSR count). The highest BCUT2D eigenvalue weighted by molar-refractivity contribution is 7.80. The maximum Gasteiger partial charge on any atom is 0.342 e. The second kappa shape index (κ2) is 6.80. The van der Waals surface area contributed by atoms with Gasteiger partial charge in [0.1, 0.15) is 25.6 Å². The molecule has 0 aromatic carbocycles. The summed E-state index contributed by atoms with van der Waals surface area (Å²) in [5.74, 6) is -0.0957. The van der Waals surface area contributed by atoms with Crippen LogP contribution in [0.5, 0.6) is 0 Å². The molecule has 0 atom stereocenters. The van der Waals surface area contributed by atoms with Crippen LogP contribution in [0.1, 0.15) is 16.2 Å². The molecule has 0 aliphatic rings. The van der Waals surface area contributed by atoms with Crippen molar-refractivity contribution in [3.63, 3.8) is 0 Å². The average Bonchev–Trinajstić information content (AvgIpc) is 3.09. The number of hydrogen-bond acceptors (Lipinski definition) is 7. The van der Waals surface area contributed by atoms with Gasteiger partial charge in [0.2, 0.25) is 0 Å². The fourth-order valence-electron chi connectivity index (χ4n) is 1.70. The number of rotatable bonds is 5. The number of thiocarbonyl (C=S) groups is 1. The molecular formula is C12H12N4O5S. The number of imidazole rings is 1. The summed E-state index contributed by atoms with van der Waals surface area (Å²) in [7, 11) is 0. The first-order valence-electron chi connectivity index (χ1n) is 6.16. The Bertz CT molecular complexity index is 694. The third-order valence-electron chi connectivity index (χ3n) is 2.77. The Balaban J connectivity index is 1.84. The highest BCUT2D eigenvalue weighted by Gasteiger charge is 2.17. The molecule has 9 nitrogen and oxygen atoms in total. The number of amides is 1. The summed E-state index contributed by atoms with van der Waals surface area (Å²) < 4.78 is 11.3. The molecular weight excluding hydrogens is 312 g/mol. The fraction of sp³-hybridized carbons (Fsp3) is 0.250. The Labute approximate surface area is 130 Å². The van der Waals surface area contributed by atoms with Crippen molar-refractivity contribution < 1.29 is 18.9 Å². The topological polar surface area (TPSA) is 112 Å². The summed E-state index contributed by atoms with van der Waals surface area (Å²) in [6, 6.07) is 1.48. The van der Waals surface area contributed by atoms with Gasteiger partial charge in [0.25, 0.3) is 11.1 Å². The van der Waals surface area contributed by atoms with E-state index >= 15 is 0 Å². The largest absolute Gasteiger partial charge is 0.472 e. The average molecular weight is 324 g/mol. The van der Waals surface area contributed by atoms with E-state index < -0.39 is 10.8 Å². The van der Waals surface area contributed by atoms with Crippen molar-refractivity contribution in [1.29, 1.82) is 0 Å². The first-order valence-corrected chi connectivity index (χ1v) is 6.56. The number of nitrogens with zero attached hydrogens (tertiary/aromatic N) is 3. The normalized spacial score (nSPS) is 10.2. The monoisotopic (exact) mass is 324 g/mol. The molecule has 0 aliphatic heterocycles. The zero-order chi connectivity index (χ0) is 16.1. The number of aromatic nitrogens is 2. The molecule has 116 valence electrons. The Morgan fingerprint density at radius 1 is 1.64 bits per heavy atom. The van der Waals surface area contributed by atoms with E-state index in [1.807, 2.05) is 0 Å². The molecule has 0 saturated heterocycles. The fourth-order valence-corrected chi connectivity index (χ4v) is 1.88. The van der Waals surface area contributed by atoms with E-state index in [2.05, 4.69) is 10.3 Å². The minimum Gasteiger partial charge on any atom is -0.472 e. The molecule has 10 heteroatoms. The molecule has 0 unspecified atom stereocenters. The van der Waals surface area contributed by atoms with E-state index in [-0.39, 0.29) is 24.1 Å². The van der Waals surface area contributed by atoms with Crippen molar-refractivity contribution >= 4 is 29.1 Å². The summed E-state index contributed by atoms with van der Waals surface area (Å²) in [6.45, 7) is 1.89. The van der Waals surface area contributed by atoms with Gasteiger partial charge < -0.3 is 19.3 Å². The molecule has 1 N–H and O–H groups in total. The first kappa shape index (κ1) is 15.6. The van der Waals surface area contributed by atoms with Crippen molar-refractivity contribution in [2.24, 2.45) is 0 Å². The van der Waals surface area contributed by atoms with Crippen LogP contribution >= 0.6 is 12.2 Å². The summed E-state index contributed by atoms with van der Waals surface area (Å²) >= 11 is 4.87. The van der Waals surface area contributed by atoms with Crippen LogP contribution in [0.25, 0.3) is 0 Å². The zero-order valence-corrected chi connectivity index (χ0v) is 12.3. The second-order valence-electron chi connectivity index (χ2n) is 4.17. The Morgan fingerprint density at radius 3 is 3.05 bits per heavy atom. The zero-order valence-electron chi connectivity index (χ0n) is 11.5. The lowest BCUT2D eigenvalue weighted by molar-refractivity contribution is -0.392. The van der Waals surface area contributed by atoms with E-state index in [0.717, 1.165) is 0 Å². The van der Waals surface area contributed by atoms with Crippen molar-refractivity contribution in [2.45, 2.75) is 13.5 Å². The van der Waals surface area contributed by atoms with E-state index in [9.17, 15) is 14.9 Å². The number of aryl methyl sites for hydroxylation is 1. The van der Waals surface area contributed by atoms with Crippen LogP contribution in [0.2, 0.25) is 0 Å². The van der Waals surface area contributed by atoms with Crippen LogP contribution in [0.3, 0.4) is 0 Å². The molecule has 0 saturated carbocycles. The first-order chi connectivity index (χ1) is 10.5. The van der Waals surface area contributed by atoms with Crippen molar-refractivity contribution in [3.8, 4) is 0 Å². The molecule has 2 aromatic heterocycles. The van der Waals surface area contributed by atoms with Gasteiger partial charge in [-0.05, 0) is 23.2 Å². The number of ether oxygens (including phenoxy) is 1. The van der Waals surface area contributed by atoms with E-state index in [1.165, 1.54) is 29.4 Å². The van der Waals surface area contributed by atoms with Gasteiger partial charge in [-0.1, -0.05) is 0 Å². The smallest absolute Gasteiger partial charge is 0.342 e. The number of furan rings is 1. The van der Waals surface area contributed by atoms with Crippen LogP contribution in [0.4, 0.5) is 5.82 Å². The number of carbonyl (C=O) groups is 1. The van der Waals surface area contributed by atoms with Gasteiger partial charge in [0.05, 0.1) is 11.8 Å². The predicted octanol–water partition coefficient (Wildman–Crippen LogP) is 1.42. The highest BCUT2D eigenvalue weighted by atomic mass is 32.1. The van der Waals surface area contributed by atoms with Gasteiger partial charge in [-0.15, -0.1) is 0 Å². The molecule has 1 amide bonds. The lowest BCUT2D eigenvalue weighted by Gasteiger charge is -2.08. The Kier molecular flexibility index (Phi) is 4.84. The van der Waals surface area contributed by atoms with Crippen LogP contribution in [-0.4, -0.2) is 32.2 Å². The minimum atomic E-state index is -0.529. The standard InChI is InChI=1S/C12H12N4O5S/c1-8-13-6-10(16(18)19)15(8)3-5-21-12(22)14-11(17)9-2-4-20-7-9/h2,4,6-7H,3,5H2,1H3,(H,14,17,22). The molecule has 0 radical (unpaired) electrons. The molecule has 0 spiro atoms. The summed E-state index contributed by atoms with van der Waals surface area (Å²) in [4.78, 5) is 25.8. The number of hydrogen-bond donors (Lipinski definition) is 1. The highest BCUT2D eigenvalue weighted by Crippen LogP contribution is 2.13. The van der Waals surface area contributed by atoms with Gasteiger partial charge in [-0.3, -0.25) is 10.1 Å². The SMILES string of the molecule is Cc1ncc([N+](=O)[O-])n1CCOC(=S)NC(=O)c1ccoc1. The Hall–Kier alpha value is -2.75. The van der Waals surface area contributed by atoms with Crippen molar-refractivity contribution in [1.82, 2.24) is 14.9 Å². The van der Waals surface area contributed by atoms with Crippen molar-refractivity contribution in [3.05, 3.63) is 46.3 Å². The van der Waals surface area contributed by atoms with Gasteiger partial charge in [0.15, 0.2) is 5.82 Å². The molecule has 2 heterocycles. The van der Waals surface area contributed by atoms with Crippen molar-refractivity contribution in [2.75, 3.05) is 6.61 Å². The van der Waals surface area contributed by atoms with Crippen LogP contribution < -0.4 is 5.32 Å². The quantitative estimate of drug-likeness (QED) is 0.503. The molecule has 0 fully saturated rings. The summed E-state index contributed by atoms with van der Waals surface area (Å²) in [6.07, 6.45) is 3.81. The van der Waals surface area contributed by atoms with Crippen LogP contribution in [0, 0.1) is 17.0 Å². The molecule has 0 bridgehead atoms. The third kappa shape index (κ3) is 3.67. The maximum absolute atomic E-state index is 11.7. The molecule has 22 heavy (non-hydrogen) atoms. The second-order valence-corrected chi connectivity index (χ2v) is 4.55. The predicted molar refractivity (Wildman–Crippen MR) is 78.3 cm³/mol. The van der Waals surface area contributed by atoms with Gasteiger partial charge in [-0.25, -0.2) is 9.55 Å².